The Morgan fingerprint density at radius 3 is 2.82 bits per heavy atom. The van der Waals surface area contributed by atoms with Crippen molar-refractivity contribution in [3.8, 4) is 5.75 Å². The lowest BCUT2D eigenvalue weighted by molar-refractivity contribution is 0.0562. The summed E-state index contributed by atoms with van der Waals surface area (Å²) in [6.45, 7) is 2.36. The highest BCUT2D eigenvalue weighted by Crippen LogP contribution is 2.25. The first-order chi connectivity index (χ1) is 13.5. The lowest BCUT2D eigenvalue weighted by Gasteiger charge is -2.13. The van der Waals surface area contributed by atoms with Crippen LogP contribution in [0.1, 0.15) is 21.9 Å². The van der Waals surface area contributed by atoms with Crippen molar-refractivity contribution < 1.29 is 18.7 Å². The molecule has 2 aromatic heterocycles. The van der Waals surface area contributed by atoms with E-state index in [-0.39, 0.29) is 5.76 Å². The van der Waals surface area contributed by atoms with Crippen LogP contribution < -0.4 is 15.4 Å². The zero-order valence-corrected chi connectivity index (χ0v) is 16.5. The third-order valence-electron chi connectivity index (χ3n) is 3.86. The summed E-state index contributed by atoms with van der Waals surface area (Å²) in [7, 11) is 2.91. The third kappa shape index (κ3) is 4.68. The number of thiocarbonyl (C=S) groups is 1. The van der Waals surface area contributed by atoms with Gasteiger partial charge in [0.2, 0.25) is 5.76 Å². The van der Waals surface area contributed by atoms with E-state index < -0.39 is 5.97 Å². The fourth-order valence-corrected chi connectivity index (χ4v) is 2.78. The van der Waals surface area contributed by atoms with E-state index in [0.717, 1.165) is 11.3 Å². The summed E-state index contributed by atoms with van der Waals surface area (Å²) in [6, 6.07) is 9.07. The number of nitrogens with zero attached hydrogens (tertiary/aromatic N) is 2. The second-order valence-electron chi connectivity index (χ2n) is 5.97. The van der Waals surface area contributed by atoms with Crippen LogP contribution in [0.15, 0.2) is 47.1 Å². The number of nitrogens with one attached hydrogen (secondary N) is 2. The molecule has 0 spiro atoms. The second kappa shape index (κ2) is 8.57. The van der Waals surface area contributed by atoms with Gasteiger partial charge in [-0.2, -0.15) is 5.10 Å². The zero-order valence-electron chi connectivity index (χ0n) is 15.7. The molecule has 1 aromatic carbocycles. The summed E-state index contributed by atoms with van der Waals surface area (Å²) in [4.78, 5) is 11.4. The Kier molecular flexibility index (Phi) is 5.95. The summed E-state index contributed by atoms with van der Waals surface area (Å²) in [5.41, 5.74) is 2.57. The Morgan fingerprint density at radius 2 is 2.07 bits per heavy atom. The molecule has 0 aliphatic heterocycles. The van der Waals surface area contributed by atoms with Crippen molar-refractivity contribution in [1.29, 1.82) is 0 Å². The molecule has 2 N–H and O–H groups in total. The van der Waals surface area contributed by atoms with Crippen LogP contribution in [0, 0.1) is 6.92 Å². The van der Waals surface area contributed by atoms with Crippen molar-refractivity contribution in [3.05, 3.63) is 59.8 Å². The first-order valence-corrected chi connectivity index (χ1v) is 8.81. The molecule has 0 saturated heterocycles. The van der Waals surface area contributed by atoms with Crippen LogP contribution in [0.4, 0.5) is 11.4 Å². The van der Waals surface area contributed by atoms with Gasteiger partial charge in [-0.3, -0.25) is 4.68 Å². The molecule has 0 unspecified atom stereocenters. The van der Waals surface area contributed by atoms with E-state index in [2.05, 4.69) is 20.5 Å². The van der Waals surface area contributed by atoms with E-state index in [1.54, 1.807) is 36.3 Å². The Hall–Kier alpha value is -3.33. The molecule has 0 bridgehead atoms. The van der Waals surface area contributed by atoms with Crippen LogP contribution in [0.5, 0.6) is 5.75 Å². The number of benzene rings is 1. The molecule has 28 heavy (non-hydrogen) atoms. The molecular formula is C19H20N4O4S. The molecule has 8 nitrogen and oxygen atoms in total. The highest BCUT2D eigenvalue weighted by molar-refractivity contribution is 7.80. The summed E-state index contributed by atoms with van der Waals surface area (Å²) >= 11 is 5.37. The molecule has 3 aromatic rings. The second-order valence-corrected chi connectivity index (χ2v) is 6.38. The lowest BCUT2D eigenvalue weighted by Crippen LogP contribution is -2.19. The minimum atomic E-state index is -0.517. The summed E-state index contributed by atoms with van der Waals surface area (Å²) in [5.74, 6) is 0.919. The lowest BCUT2D eigenvalue weighted by atomic mass is 10.2. The van der Waals surface area contributed by atoms with Gasteiger partial charge in [0, 0.05) is 6.20 Å². The van der Waals surface area contributed by atoms with Gasteiger partial charge >= 0.3 is 5.97 Å². The number of hydrogen-bond acceptors (Lipinski definition) is 6. The van der Waals surface area contributed by atoms with Gasteiger partial charge in [-0.1, -0.05) is 6.07 Å². The molecule has 0 radical (unpaired) electrons. The largest absolute Gasteiger partial charge is 0.495 e. The van der Waals surface area contributed by atoms with Crippen LogP contribution in [0.25, 0.3) is 0 Å². The number of methoxy groups -OCH3 is 2. The number of aryl methyl sites for hydroxylation is 1. The van der Waals surface area contributed by atoms with Crippen LogP contribution in [0.2, 0.25) is 0 Å². The average molecular weight is 400 g/mol. The molecule has 0 aliphatic rings. The molecule has 0 saturated carbocycles. The number of aromatic nitrogens is 2. The Bertz CT molecular complexity index is 995. The number of carbonyl (C=O) groups is 1. The first kappa shape index (κ1) is 19.4. The SMILES string of the molecule is COC(=O)c1ccc(Cn2cc(NC(=S)Nc3cc(C)ccc3OC)cn2)o1. The van der Waals surface area contributed by atoms with Crippen LogP contribution in [0.3, 0.4) is 0 Å². The van der Waals surface area contributed by atoms with Crippen molar-refractivity contribution >= 4 is 34.7 Å². The molecule has 9 heteroatoms. The Morgan fingerprint density at radius 1 is 1.25 bits per heavy atom. The first-order valence-electron chi connectivity index (χ1n) is 8.40. The molecule has 0 fully saturated rings. The number of rotatable bonds is 6. The molecule has 3 rings (SSSR count). The maximum atomic E-state index is 11.4. The predicted octanol–water partition coefficient (Wildman–Crippen LogP) is 3.44. The van der Waals surface area contributed by atoms with Crippen LogP contribution in [-0.4, -0.2) is 35.1 Å². The predicted molar refractivity (Wildman–Crippen MR) is 109 cm³/mol. The van der Waals surface area contributed by atoms with Gasteiger partial charge in [0.05, 0.1) is 38.3 Å². The maximum absolute atomic E-state index is 11.4. The van der Waals surface area contributed by atoms with Gasteiger partial charge < -0.3 is 24.5 Å². The van der Waals surface area contributed by atoms with E-state index in [0.29, 0.717) is 28.9 Å². The highest BCUT2D eigenvalue weighted by atomic mass is 32.1. The Balaban J connectivity index is 1.61. The van der Waals surface area contributed by atoms with E-state index in [1.165, 1.54) is 7.11 Å². The van der Waals surface area contributed by atoms with Crippen molar-refractivity contribution in [3.63, 3.8) is 0 Å². The van der Waals surface area contributed by atoms with Crippen molar-refractivity contribution in [2.75, 3.05) is 24.9 Å². The third-order valence-corrected chi connectivity index (χ3v) is 4.06. The number of carbonyl (C=O) groups excluding carboxylic acids is 1. The molecule has 0 amide bonds. The van der Waals surface area contributed by atoms with Crippen molar-refractivity contribution in [2.45, 2.75) is 13.5 Å². The van der Waals surface area contributed by atoms with Crippen molar-refractivity contribution in [1.82, 2.24) is 9.78 Å². The minimum Gasteiger partial charge on any atom is -0.495 e. The molecule has 0 aliphatic carbocycles. The quantitative estimate of drug-likeness (QED) is 0.480. The van der Waals surface area contributed by atoms with Gasteiger partial charge in [-0.25, -0.2) is 4.79 Å². The van der Waals surface area contributed by atoms with Crippen molar-refractivity contribution in [2.24, 2.45) is 0 Å². The smallest absolute Gasteiger partial charge is 0.373 e. The van der Waals surface area contributed by atoms with Gasteiger partial charge in [0.25, 0.3) is 0 Å². The number of esters is 1. The number of hydrogen-bond donors (Lipinski definition) is 2. The van der Waals surface area contributed by atoms with Gasteiger partial charge in [0.15, 0.2) is 5.11 Å². The molecular weight excluding hydrogens is 380 g/mol. The summed E-state index contributed by atoms with van der Waals surface area (Å²) < 4.78 is 17.1. The number of anilines is 2. The zero-order chi connectivity index (χ0) is 20.1. The van der Waals surface area contributed by atoms with Crippen LogP contribution in [-0.2, 0) is 11.3 Å². The number of ether oxygens (including phenoxy) is 2. The number of furan rings is 1. The topological polar surface area (TPSA) is 90.5 Å². The fourth-order valence-electron chi connectivity index (χ4n) is 2.55. The molecule has 146 valence electrons. The molecule has 0 atom stereocenters. The van der Waals surface area contributed by atoms with E-state index in [9.17, 15) is 4.79 Å². The molecule has 2 heterocycles. The standard InChI is InChI=1S/C19H20N4O4S/c1-12-4-6-16(25-2)15(8-12)22-19(28)21-13-9-20-23(10-13)11-14-5-7-17(27-14)18(24)26-3/h4-10H,11H2,1-3H3,(H2,21,22,28). The highest BCUT2D eigenvalue weighted by Gasteiger charge is 2.12. The van der Waals surface area contributed by atoms with Gasteiger partial charge in [0.1, 0.15) is 11.5 Å². The normalized spacial score (nSPS) is 10.4. The monoisotopic (exact) mass is 400 g/mol. The Labute approximate surface area is 167 Å². The average Bonchev–Trinajstić information content (AvgIpc) is 3.31. The minimum absolute atomic E-state index is 0.153. The summed E-state index contributed by atoms with van der Waals surface area (Å²) in [6.07, 6.45) is 3.42. The van der Waals surface area contributed by atoms with E-state index in [4.69, 9.17) is 21.4 Å². The maximum Gasteiger partial charge on any atom is 0.373 e. The van der Waals surface area contributed by atoms with Gasteiger partial charge in [-0.05, 0) is 49.0 Å². The fraction of sp³-hybridized carbons (Fsp3) is 0.211. The van der Waals surface area contributed by atoms with Gasteiger partial charge in [-0.15, -0.1) is 0 Å². The van der Waals surface area contributed by atoms with E-state index in [1.807, 2.05) is 25.1 Å². The summed E-state index contributed by atoms with van der Waals surface area (Å²) in [5, 5.41) is 10.9. The van der Waals surface area contributed by atoms with Crippen LogP contribution >= 0.6 is 12.2 Å². The van der Waals surface area contributed by atoms with E-state index >= 15 is 0 Å².